The van der Waals surface area contributed by atoms with E-state index in [2.05, 4.69) is 24.0 Å². The van der Waals surface area contributed by atoms with Gasteiger partial charge in [0.1, 0.15) is 21.9 Å². The summed E-state index contributed by atoms with van der Waals surface area (Å²) in [6, 6.07) is 26.0. The number of carboxylic acids is 2. The molecular weight excluding hydrogens is 648 g/mol. The summed E-state index contributed by atoms with van der Waals surface area (Å²) in [4.78, 5) is 49.6. The molecule has 0 fully saturated rings. The number of hydrogen-bond donors (Lipinski definition) is 2. The Morgan fingerprint density at radius 2 is 1.49 bits per heavy atom. The summed E-state index contributed by atoms with van der Waals surface area (Å²) in [5, 5.41) is 15.3. The van der Waals surface area contributed by atoms with Crippen molar-refractivity contribution in [1.82, 2.24) is 9.47 Å². The third kappa shape index (κ3) is 8.92. The highest BCUT2D eigenvalue weighted by atomic mass is 32.1. The van der Waals surface area contributed by atoms with Crippen molar-refractivity contribution in [3.63, 3.8) is 0 Å². The molecule has 256 valence electrons. The number of ether oxygens (including phenoxy) is 3. The van der Waals surface area contributed by atoms with Crippen LogP contribution in [0.4, 0.5) is 0 Å². The Balaban J connectivity index is 0.000000827. The first-order valence-electron chi connectivity index (χ1n) is 15.5. The van der Waals surface area contributed by atoms with E-state index in [0.717, 1.165) is 51.0 Å². The average Bonchev–Trinajstić information content (AvgIpc) is 3.49. The largest absolute Gasteiger partial charge is 0.497 e. The molecule has 49 heavy (non-hydrogen) atoms. The van der Waals surface area contributed by atoms with Crippen LogP contribution in [-0.4, -0.2) is 65.0 Å². The summed E-state index contributed by atoms with van der Waals surface area (Å²) in [6.45, 7) is 6.49. The van der Waals surface area contributed by atoms with E-state index in [1.54, 1.807) is 38.7 Å². The van der Waals surface area contributed by atoms with Crippen LogP contribution in [0, 0.1) is 0 Å². The summed E-state index contributed by atoms with van der Waals surface area (Å²) in [7, 11) is 3.28. The molecule has 5 aromatic rings. The monoisotopic (exact) mass is 686 g/mol. The fraction of sp³-hybridized carbons (Fsp3) is 0.243. The Labute approximate surface area is 287 Å². The molecule has 0 saturated heterocycles. The van der Waals surface area contributed by atoms with E-state index >= 15 is 0 Å². The van der Waals surface area contributed by atoms with Crippen molar-refractivity contribution in [1.29, 1.82) is 0 Å². The molecule has 0 aliphatic heterocycles. The Morgan fingerprint density at radius 1 is 0.837 bits per heavy atom. The molecule has 0 spiro atoms. The van der Waals surface area contributed by atoms with Crippen molar-refractivity contribution in [2.24, 2.45) is 0 Å². The van der Waals surface area contributed by atoms with Gasteiger partial charge in [0.2, 0.25) is 5.43 Å². The third-order valence-electron chi connectivity index (χ3n) is 7.65. The number of aromatic nitrogens is 1. The fourth-order valence-electron chi connectivity index (χ4n) is 5.26. The maximum absolute atomic E-state index is 14.2. The van der Waals surface area contributed by atoms with Crippen molar-refractivity contribution in [3.05, 3.63) is 118 Å². The van der Waals surface area contributed by atoms with Crippen LogP contribution in [0.1, 0.15) is 40.9 Å². The zero-order valence-electron chi connectivity index (χ0n) is 27.7. The Bertz CT molecular complexity index is 1960. The number of hydrogen-bond acceptors (Lipinski definition) is 9. The van der Waals surface area contributed by atoms with E-state index in [4.69, 9.17) is 34.0 Å². The molecule has 12 heteroatoms. The van der Waals surface area contributed by atoms with Gasteiger partial charge in [0.05, 0.1) is 32.8 Å². The zero-order valence-corrected chi connectivity index (χ0v) is 28.5. The quantitative estimate of drug-likeness (QED) is 0.116. The Kier molecular flexibility index (Phi) is 12.7. The molecule has 0 saturated carbocycles. The summed E-state index contributed by atoms with van der Waals surface area (Å²) in [6.07, 6.45) is 1.63. The first-order valence-corrected chi connectivity index (χ1v) is 16.3. The minimum atomic E-state index is -1.82. The third-order valence-corrected chi connectivity index (χ3v) is 8.97. The van der Waals surface area contributed by atoms with Crippen molar-refractivity contribution >= 4 is 39.5 Å². The smallest absolute Gasteiger partial charge is 0.414 e. The molecule has 0 bridgehead atoms. The van der Waals surface area contributed by atoms with Crippen LogP contribution in [0.2, 0.25) is 0 Å². The predicted molar refractivity (Wildman–Crippen MR) is 188 cm³/mol. The van der Waals surface area contributed by atoms with Gasteiger partial charge in [-0.2, -0.15) is 0 Å². The maximum atomic E-state index is 14.2. The number of carboxylic acid groups (broad SMARTS) is 2. The molecule has 2 heterocycles. The second-order valence-electron chi connectivity index (χ2n) is 10.7. The van der Waals surface area contributed by atoms with E-state index < -0.39 is 17.9 Å². The number of carbonyl (C=O) groups excluding carboxylic acids is 1. The molecule has 0 atom stereocenters. The molecule has 0 amide bonds. The summed E-state index contributed by atoms with van der Waals surface area (Å²) in [5.74, 6) is -2.78. The van der Waals surface area contributed by atoms with Gasteiger partial charge in [0.15, 0.2) is 0 Å². The second kappa shape index (κ2) is 17.1. The van der Waals surface area contributed by atoms with Crippen LogP contribution in [0.3, 0.4) is 0 Å². The molecule has 2 aromatic heterocycles. The SMILES string of the molecule is CCOC(=O)c1cn(Cc2ccccc2OC)c2sc(-c3ccc(OC)cc3)c(CN(CC)Cc3ccccc3)c2c1=O.O=C(O)C(=O)O. The molecule has 0 radical (unpaired) electrons. The first-order chi connectivity index (χ1) is 23.6. The van der Waals surface area contributed by atoms with E-state index in [-0.39, 0.29) is 17.6 Å². The van der Waals surface area contributed by atoms with Gasteiger partial charge in [-0.1, -0.05) is 55.5 Å². The summed E-state index contributed by atoms with van der Waals surface area (Å²) < 4.78 is 18.4. The molecule has 3 aromatic carbocycles. The number of esters is 1. The topological polar surface area (TPSA) is 145 Å². The van der Waals surface area contributed by atoms with Gasteiger partial charge in [0, 0.05) is 29.7 Å². The van der Waals surface area contributed by atoms with Crippen LogP contribution >= 0.6 is 11.3 Å². The van der Waals surface area contributed by atoms with Crippen molar-refractivity contribution in [3.8, 4) is 21.9 Å². The summed E-state index contributed by atoms with van der Waals surface area (Å²) >= 11 is 1.56. The first kappa shape index (κ1) is 36.4. The van der Waals surface area contributed by atoms with Gasteiger partial charge in [-0.25, -0.2) is 14.4 Å². The maximum Gasteiger partial charge on any atom is 0.414 e. The molecule has 2 N–H and O–H groups in total. The van der Waals surface area contributed by atoms with Gasteiger partial charge in [-0.15, -0.1) is 11.3 Å². The summed E-state index contributed by atoms with van der Waals surface area (Å²) in [5.41, 5.74) is 3.71. The number of para-hydroxylation sites is 1. The van der Waals surface area contributed by atoms with Crippen LogP contribution in [0.5, 0.6) is 11.5 Å². The van der Waals surface area contributed by atoms with Crippen LogP contribution in [0.15, 0.2) is 89.9 Å². The lowest BCUT2D eigenvalue weighted by Crippen LogP contribution is -2.25. The number of fused-ring (bicyclic) bond motifs is 1. The number of pyridine rings is 1. The van der Waals surface area contributed by atoms with E-state index in [1.165, 1.54) is 5.56 Å². The Morgan fingerprint density at radius 3 is 2.08 bits per heavy atom. The lowest BCUT2D eigenvalue weighted by atomic mass is 10.0. The number of methoxy groups -OCH3 is 2. The number of aliphatic carboxylic acids is 2. The van der Waals surface area contributed by atoms with Crippen molar-refractivity contribution in [2.45, 2.75) is 33.5 Å². The fourth-order valence-corrected chi connectivity index (χ4v) is 6.55. The highest BCUT2D eigenvalue weighted by Crippen LogP contribution is 2.39. The van der Waals surface area contributed by atoms with Crippen molar-refractivity contribution < 1.29 is 38.8 Å². The van der Waals surface area contributed by atoms with Gasteiger partial charge in [-0.3, -0.25) is 9.69 Å². The minimum absolute atomic E-state index is 0.0238. The van der Waals surface area contributed by atoms with Crippen LogP contribution in [0.25, 0.3) is 20.7 Å². The lowest BCUT2D eigenvalue weighted by Gasteiger charge is -2.21. The number of thiophene rings is 1. The minimum Gasteiger partial charge on any atom is -0.497 e. The zero-order chi connectivity index (χ0) is 35.5. The van der Waals surface area contributed by atoms with Crippen LogP contribution < -0.4 is 14.9 Å². The number of nitrogens with zero attached hydrogens (tertiary/aromatic N) is 2. The molecule has 11 nitrogen and oxygen atoms in total. The normalized spacial score (nSPS) is 10.7. The van der Waals surface area contributed by atoms with E-state index in [1.807, 2.05) is 71.3 Å². The number of rotatable bonds is 12. The highest BCUT2D eigenvalue weighted by molar-refractivity contribution is 7.22. The van der Waals surface area contributed by atoms with Crippen LogP contribution in [-0.2, 0) is 34.0 Å². The molecule has 5 rings (SSSR count). The Hall–Kier alpha value is -5.46. The van der Waals surface area contributed by atoms with Gasteiger partial charge in [-0.05, 0) is 60.5 Å². The average molecular weight is 687 g/mol. The van der Waals surface area contributed by atoms with Gasteiger partial charge >= 0.3 is 17.9 Å². The molecule has 0 aliphatic rings. The predicted octanol–water partition coefficient (Wildman–Crippen LogP) is 6.15. The van der Waals surface area contributed by atoms with E-state index in [9.17, 15) is 9.59 Å². The van der Waals surface area contributed by atoms with Gasteiger partial charge in [0.25, 0.3) is 0 Å². The standard InChI is InChI=1S/C35H36N2O5S.C2H2O4/c1-5-36(20-24-12-8-7-9-13-24)22-28-31-32(38)29(35(39)42-6-2)23-37(21-26-14-10-11-15-30(26)41-4)34(31)43-33(28)25-16-18-27(40-3)19-17-25;3-1(4)2(5)6/h7-19,23H,5-6,20-22H2,1-4H3;(H,3,4)(H,5,6). The van der Waals surface area contributed by atoms with Gasteiger partial charge < -0.3 is 29.0 Å². The van der Waals surface area contributed by atoms with E-state index in [0.29, 0.717) is 18.5 Å². The van der Waals surface area contributed by atoms with Crippen molar-refractivity contribution in [2.75, 3.05) is 27.4 Å². The molecular formula is C37H38N2O9S. The number of carbonyl (C=O) groups is 3. The molecule has 0 unspecified atom stereocenters. The highest BCUT2D eigenvalue weighted by Gasteiger charge is 2.25. The number of benzene rings is 3. The molecule has 0 aliphatic carbocycles. The second-order valence-corrected chi connectivity index (χ2v) is 11.7. The lowest BCUT2D eigenvalue weighted by molar-refractivity contribution is -0.159.